The van der Waals surface area contributed by atoms with Gasteiger partial charge in [0.05, 0.1) is 0 Å². The maximum Gasteiger partial charge on any atom is 0.196 e. The largest absolute Gasteiger partial charge is 0.207 e. The molecular formula is C21H27F2N. The summed E-state index contributed by atoms with van der Waals surface area (Å²) in [4.78, 5) is 0. The van der Waals surface area contributed by atoms with Gasteiger partial charge < -0.3 is 0 Å². The van der Waals surface area contributed by atoms with Crippen molar-refractivity contribution in [2.45, 2.75) is 64.2 Å². The average molecular weight is 331 g/mol. The van der Waals surface area contributed by atoms with Crippen LogP contribution in [-0.4, -0.2) is 0 Å². The molecule has 1 nitrogen and oxygen atoms in total. The molecule has 0 saturated heterocycles. The van der Waals surface area contributed by atoms with Crippen LogP contribution >= 0.6 is 0 Å². The lowest BCUT2D eigenvalue weighted by atomic mass is 9.78. The van der Waals surface area contributed by atoms with Crippen molar-refractivity contribution < 1.29 is 8.78 Å². The summed E-state index contributed by atoms with van der Waals surface area (Å²) in [6, 6.07) is 8.36. The Hall–Kier alpha value is -1.69. The molecule has 3 heteroatoms. The van der Waals surface area contributed by atoms with Crippen LogP contribution in [0.5, 0.6) is 0 Å². The maximum absolute atomic E-state index is 12.8. The van der Waals surface area contributed by atoms with Crippen LogP contribution < -0.4 is 0 Å². The first kappa shape index (κ1) is 18.6. The molecule has 0 amide bonds. The van der Waals surface area contributed by atoms with Crippen molar-refractivity contribution >= 4 is 0 Å². The third kappa shape index (κ3) is 6.83. The molecule has 0 aliphatic heterocycles. The molecule has 2 rings (SSSR count). The Morgan fingerprint density at radius 2 is 1.67 bits per heavy atom. The zero-order chi connectivity index (χ0) is 17.2. The lowest BCUT2D eigenvalue weighted by molar-refractivity contribution is 0.250. The van der Waals surface area contributed by atoms with E-state index < -0.39 is 5.83 Å². The standard InChI is InChI=1S/C21H27F2N/c22-20-14-12-18(13-15-20)5-2-1-4-17-8-10-19(11-9-17)6-3-7-21(23)16-24/h7,12-15,17,19H,1-6,8-11H2. The van der Waals surface area contributed by atoms with E-state index in [1.54, 1.807) is 0 Å². The molecule has 0 N–H and O–H groups in total. The third-order valence-electron chi connectivity index (χ3n) is 5.21. The van der Waals surface area contributed by atoms with E-state index in [1.165, 1.54) is 74.8 Å². The number of nitriles is 1. The van der Waals surface area contributed by atoms with Crippen LogP contribution in [0.15, 0.2) is 36.2 Å². The van der Waals surface area contributed by atoms with Crippen LogP contribution in [0, 0.1) is 29.0 Å². The van der Waals surface area contributed by atoms with E-state index in [0.717, 1.165) is 18.8 Å². The molecule has 1 saturated carbocycles. The van der Waals surface area contributed by atoms with E-state index in [4.69, 9.17) is 5.26 Å². The minimum absolute atomic E-state index is 0.165. The fourth-order valence-corrected chi connectivity index (χ4v) is 3.71. The van der Waals surface area contributed by atoms with Crippen molar-refractivity contribution in [2.75, 3.05) is 0 Å². The molecule has 130 valence electrons. The molecule has 0 spiro atoms. The van der Waals surface area contributed by atoms with E-state index >= 15 is 0 Å². The summed E-state index contributed by atoms with van der Waals surface area (Å²) < 4.78 is 25.6. The minimum atomic E-state index is -0.648. The van der Waals surface area contributed by atoms with Gasteiger partial charge in [0.2, 0.25) is 0 Å². The second-order valence-electron chi connectivity index (χ2n) is 7.00. The second-order valence-corrected chi connectivity index (χ2v) is 7.00. The van der Waals surface area contributed by atoms with Crippen molar-refractivity contribution in [1.29, 1.82) is 5.26 Å². The summed E-state index contributed by atoms with van der Waals surface area (Å²) in [5, 5.41) is 8.38. The summed E-state index contributed by atoms with van der Waals surface area (Å²) in [6.07, 6.45) is 12.9. The summed E-state index contributed by atoms with van der Waals surface area (Å²) in [6.45, 7) is 0. The maximum atomic E-state index is 12.8. The normalized spacial score (nSPS) is 21.5. The summed E-state index contributed by atoms with van der Waals surface area (Å²) in [5.74, 6) is 0.718. The topological polar surface area (TPSA) is 23.8 Å². The van der Waals surface area contributed by atoms with Crippen molar-refractivity contribution in [1.82, 2.24) is 0 Å². The zero-order valence-electron chi connectivity index (χ0n) is 14.3. The number of aryl methyl sites for hydroxylation is 1. The van der Waals surface area contributed by atoms with Gasteiger partial charge in [-0.3, -0.25) is 0 Å². The number of hydrogen-bond donors (Lipinski definition) is 0. The Morgan fingerprint density at radius 3 is 2.29 bits per heavy atom. The van der Waals surface area contributed by atoms with Gasteiger partial charge in [0, 0.05) is 0 Å². The minimum Gasteiger partial charge on any atom is -0.207 e. The number of hydrogen-bond acceptors (Lipinski definition) is 1. The van der Waals surface area contributed by atoms with E-state index in [1.807, 2.05) is 12.1 Å². The van der Waals surface area contributed by atoms with Gasteiger partial charge in [-0.05, 0) is 61.3 Å². The summed E-state index contributed by atoms with van der Waals surface area (Å²) >= 11 is 0. The molecule has 1 aromatic rings. The Kier molecular flexibility index (Phi) is 7.95. The predicted octanol–water partition coefficient (Wildman–Crippen LogP) is 6.50. The second kappa shape index (κ2) is 10.2. The van der Waals surface area contributed by atoms with Crippen LogP contribution in [0.2, 0.25) is 0 Å². The Morgan fingerprint density at radius 1 is 1.04 bits per heavy atom. The summed E-state index contributed by atoms with van der Waals surface area (Å²) in [7, 11) is 0. The van der Waals surface area contributed by atoms with Gasteiger partial charge in [-0.1, -0.05) is 50.7 Å². The highest BCUT2D eigenvalue weighted by Gasteiger charge is 2.20. The molecule has 0 aromatic heterocycles. The van der Waals surface area contributed by atoms with Crippen molar-refractivity contribution in [3.05, 3.63) is 47.5 Å². The van der Waals surface area contributed by atoms with Crippen LogP contribution in [0.25, 0.3) is 0 Å². The van der Waals surface area contributed by atoms with E-state index in [2.05, 4.69) is 0 Å². The third-order valence-corrected chi connectivity index (χ3v) is 5.21. The number of allylic oxidation sites excluding steroid dienone is 2. The quantitative estimate of drug-likeness (QED) is 0.394. The smallest absolute Gasteiger partial charge is 0.196 e. The van der Waals surface area contributed by atoms with E-state index in [9.17, 15) is 8.78 Å². The van der Waals surface area contributed by atoms with Crippen LogP contribution in [-0.2, 0) is 6.42 Å². The zero-order valence-corrected chi connectivity index (χ0v) is 14.3. The van der Waals surface area contributed by atoms with Gasteiger partial charge in [0.25, 0.3) is 0 Å². The Labute approximate surface area is 144 Å². The van der Waals surface area contributed by atoms with Crippen molar-refractivity contribution in [3.8, 4) is 6.07 Å². The molecule has 0 unspecified atom stereocenters. The fourth-order valence-electron chi connectivity index (χ4n) is 3.71. The molecule has 0 radical (unpaired) electrons. The molecule has 24 heavy (non-hydrogen) atoms. The Bertz CT molecular complexity index is 548. The Balaban J connectivity index is 1.55. The van der Waals surface area contributed by atoms with E-state index in [0.29, 0.717) is 12.3 Å². The van der Waals surface area contributed by atoms with Gasteiger partial charge in [-0.15, -0.1) is 0 Å². The highest BCUT2D eigenvalue weighted by atomic mass is 19.1. The number of rotatable bonds is 8. The van der Waals surface area contributed by atoms with Crippen LogP contribution in [0.1, 0.15) is 63.4 Å². The van der Waals surface area contributed by atoms with Crippen molar-refractivity contribution in [2.24, 2.45) is 11.8 Å². The lowest BCUT2D eigenvalue weighted by Crippen LogP contribution is -2.14. The first-order chi connectivity index (χ1) is 11.7. The SMILES string of the molecule is N#CC(F)=CCCC1CCC(CCCCc2ccc(F)cc2)CC1. The lowest BCUT2D eigenvalue weighted by Gasteiger charge is -2.28. The first-order valence-electron chi connectivity index (χ1n) is 9.17. The highest BCUT2D eigenvalue weighted by Crippen LogP contribution is 2.34. The molecular weight excluding hydrogens is 304 g/mol. The summed E-state index contributed by atoms with van der Waals surface area (Å²) in [5.41, 5.74) is 1.22. The van der Waals surface area contributed by atoms with Gasteiger partial charge in [0.1, 0.15) is 11.9 Å². The van der Waals surface area contributed by atoms with Crippen LogP contribution in [0.3, 0.4) is 0 Å². The number of nitrogens with zero attached hydrogens (tertiary/aromatic N) is 1. The molecule has 1 aliphatic rings. The molecule has 1 fully saturated rings. The number of halogens is 2. The highest BCUT2D eigenvalue weighted by molar-refractivity contribution is 5.16. The monoisotopic (exact) mass is 331 g/mol. The van der Waals surface area contributed by atoms with Crippen molar-refractivity contribution in [3.63, 3.8) is 0 Å². The average Bonchev–Trinajstić information content (AvgIpc) is 2.61. The number of unbranched alkanes of at least 4 members (excludes halogenated alkanes) is 1. The molecule has 1 aliphatic carbocycles. The van der Waals surface area contributed by atoms with Gasteiger partial charge >= 0.3 is 0 Å². The fraction of sp³-hybridized carbons (Fsp3) is 0.571. The van der Waals surface area contributed by atoms with Gasteiger partial charge in [-0.2, -0.15) is 9.65 Å². The van der Waals surface area contributed by atoms with Gasteiger partial charge in [-0.25, -0.2) is 4.39 Å². The number of benzene rings is 1. The molecule has 0 heterocycles. The first-order valence-corrected chi connectivity index (χ1v) is 9.17. The van der Waals surface area contributed by atoms with Gasteiger partial charge in [0.15, 0.2) is 5.83 Å². The molecule has 1 aromatic carbocycles. The van der Waals surface area contributed by atoms with E-state index in [-0.39, 0.29) is 5.82 Å². The molecule has 0 bridgehead atoms. The molecule has 0 atom stereocenters. The predicted molar refractivity (Wildman–Crippen MR) is 93.4 cm³/mol. The van der Waals surface area contributed by atoms with Crippen LogP contribution in [0.4, 0.5) is 8.78 Å².